The summed E-state index contributed by atoms with van der Waals surface area (Å²) in [5.41, 5.74) is 6.31. The SMILES string of the molecule is CC(C)NC(=O)c1c(N)nsc1N(C)CCOCC1CC1. The monoisotopic (exact) mass is 312 g/mol. The number of ether oxygens (including phenoxy) is 1. The topological polar surface area (TPSA) is 80.5 Å². The fourth-order valence-electron chi connectivity index (χ4n) is 1.94. The highest BCUT2D eigenvalue weighted by atomic mass is 32.1. The van der Waals surface area contributed by atoms with Crippen LogP contribution in [0.5, 0.6) is 0 Å². The summed E-state index contributed by atoms with van der Waals surface area (Å²) in [6.45, 7) is 6.05. The Bertz CT molecular complexity index is 485. The van der Waals surface area contributed by atoms with E-state index in [1.54, 1.807) is 0 Å². The second kappa shape index (κ2) is 7.09. The van der Waals surface area contributed by atoms with E-state index in [1.165, 1.54) is 24.4 Å². The Morgan fingerprint density at radius 2 is 2.29 bits per heavy atom. The van der Waals surface area contributed by atoms with Crippen LogP contribution in [0.25, 0.3) is 0 Å². The molecule has 0 aliphatic heterocycles. The number of amides is 1. The van der Waals surface area contributed by atoms with E-state index >= 15 is 0 Å². The smallest absolute Gasteiger partial charge is 0.258 e. The first-order valence-corrected chi connectivity index (χ1v) is 8.11. The Labute approximate surface area is 129 Å². The van der Waals surface area contributed by atoms with E-state index in [1.807, 2.05) is 25.8 Å². The number of nitrogens with one attached hydrogen (secondary N) is 1. The molecule has 0 spiro atoms. The van der Waals surface area contributed by atoms with Gasteiger partial charge in [0.25, 0.3) is 5.91 Å². The number of nitrogens with two attached hydrogens (primary N) is 1. The number of nitrogens with zero attached hydrogens (tertiary/aromatic N) is 2. The highest BCUT2D eigenvalue weighted by molar-refractivity contribution is 7.11. The lowest BCUT2D eigenvalue weighted by Crippen LogP contribution is -2.32. The molecule has 1 saturated carbocycles. The highest BCUT2D eigenvalue weighted by Gasteiger charge is 2.23. The van der Waals surface area contributed by atoms with E-state index in [0.29, 0.717) is 18.0 Å². The predicted molar refractivity (Wildman–Crippen MR) is 85.9 cm³/mol. The zero-order chi connectivity index (χ0) is 15.4. The molecule has 2 rings (SSSR count). The van der Waals surface area contributed by atoms with Crippen LogP contribution in [0.3, 0.4) is 0 Å². The molecule has 1 amide bonds. The van der Waals surface area contributed by atoms with Crippen molar-refractivity contribution < 1.29 is 9.53 Å². The third kappa shape index (κ3) is 4.57. The van der Waals surface area contributed by atoms with Crippen LogP contribution in [-0.2, 0) is 4.74 Å². The summed E-state index contributed by atoms with van der Waals surface area (Å²) in [7, 11) is 1.93. The molecule has 0 radical (unpaired) electrons. The van der Waals surface area contributed by atoms with Gasteiger partial charge in [0.05, 0.1) is 6.61 Å². The Hall–Kier alpha value is -1.34. The maximum Gasteiger partial charge on any atom is 0.258 e. The van der Waals surface area contributed by atoms with Crippen molar-refractivity contribution in [3.05, 3.63) is 5.56 Å². The number of rotatable bonds is 8. The van der Waals surface area contributed by atoms with Gasteiger partial charge in [-0.3, -0.25) is 4.79 Å². The number of carbonyl (C=O) groups excluding carboxylic acids is 1. The molecule has 0 saturated heterocycles. The van der Waals surface area contributed by atoms with E-state index in [0.717, 1.165) is 24.1 Å². The van der Waals surface area contributed by atoms with Crippen LogP contribution in [0.15, 0.2) is 0 Å². The third-order valence-electron chi connectivity index (χ3n) is 3.32. The largest absolute Gasteiger partial charge is 0.382 e. The molecule has 0 unspecified atom stereocenters. The van der Waals surface area contributed by atoms with Crippen molar-refractivity contribution in [3.63, 3.8) is 0 Å². The maximum absolute atomic E-state index is 12.2. The van der Waals surface area contributed by atoms with Crippen LogP contribution in [0, 0.1) is 5.92 Å². The zero-order valence-electron chi connectivity index (χ0n) is 12.9. The van der Waals surface area contributed by atoms with E-state index in [-0.39, 0.29) is 11.9 Å². The quantitative estimate of drug-likeness (QED) is 0.715. The summed E-state index contributed by atoms with van der Waals surface area (Å²) < 4.78 is 9.74. The molecular weight excluding hydrogens is 288 g/mol. The van der Waals surface area contributed by atoms with Gasteiger partial charge in [-0.05, 0) is 44.1 Å². The minimum absolute atomic E-state index is 0.0665. The fourth-order valence-corrected chi connectivity index (χ4v) is 2.73. The van der Waals surface area contributed by atoms with Gasteiger partial charge in [-0.25, -0.2) is 0 Å². The minimum atomic E-state index is -0.169. The van der Waals surface area contributed by atoms with Crippen molar-refractivity contribution in [2.24, 2.45) is 5.92 Å². The Kier molecular flexibility index (Phi) is 5.41. The van der Waals surface area contributed by atoms with E-state index in [9.17, 15) is 4.79 Å². The number of anilines is 2. The Balaban J connectivity index is 1.92. The zero-order valence-corrected chi connectivity index (χ0v) is 13.7. The number of aromatic nitrogens is 1. The Morgan fingerprint density at radius 3 is 2.90 bits per heavy atom. The van der Waals surface area contributed by atoms with Crippen LogP contribution in [0.4, 0.5) is 10.8 Å². The number of hydrogen-bond donors (Lipinski definition) is 2. The number of hydrogen-bond acceptors (Lipinski definition) is 6. The summed E-state index contributed by atoms with van der Waals surface area (Å²) >= 11 is 1.25. The van der Waals surface area contributed by atoms with Crippen LogP contribution >= 0.6 is 11.5 Å². The molecule has 21 heavy (non-hydrogen) atoms. The van der Waals surface area contributed by atoms with E-state index < -0.39 is 0 Å². The lowest BCUT2D eigenvalue weighted by Gasteiger charge is -2.19. The van der Waals surface area contributed by atoms with Gasteiger partial charge in [-0.1, -0.05) is 0 Å². The summed E-state index contributed by atoms with van der Waals surface area (Å²) in [5, 5.41) is 3.65. The highest BCUT2D eigenvalue weighted by Crippen LogP contribution is 2.30. The van der Waals surface area contributed by atoms with Crippen molar-refractivity contribution in [2.75, 3.05) is 37.4 Å². The molecular formula is C14H24N4O2S. The molecule has 1 heterocycles. The minimum Gasteiger partial charge on any atom is -0.382 e. The molecule has 1 aliphatic carbocycles. The fraction of sp³-hybridized carbons (Fsp3) is 0.714. The van der Waals surface area contributed by atoms with Gasteiger partial charge in [-0.15, -0.1) is 0 Å². The van der Waals surface area contributed by atoms with Gasteiger partial charge in [0.1, 0.15) is 10.6 Å². The van der Waals surface area contributed by atoms with Gasteiger partial charge < -0.3 is 20.7 Å². The molecule has 3 N–H and O–H groups in total. The van der Waals surface area contributed by atoms with Crippen LogP contribution < -0.4 is 16.0 Å². The first-order valence-electron chi connectivity index (χ1n) is 7.34. The Morgan fingerprint density at radius 1 is 1.57 bits per heavy atom. The average molecular weight is 312 g/mol. The molecule has 1 aromatic rings. The molecule has 1 fully saturated rings. The number of nitrogen functional groups attached to an aromatic ring is 1. The second-order valence-corrected chi connectivity index (χ2v) is 6.57. The first-order chi connectivity index (χ1) is 9.99. The summed E-state index contributed by atoms with van der Waals surface area (Å²) in [6.07, 6.45) is 2.58. The van der Waals surface area contributed by atoms with E-state index in [4.69, 9.17) is 10.5 Å². The number of likely N-dealkylation sites (N-methyl/N-ethyl adjacent to an activating group) is 1. The maximum atomic E-state index is 12.2. The van der Waals surface area contributed by atoms with Crippen molar-refractivity contribution in [1.82, 2.24) is 9.69 Å². The van der Waals surface area contributed by atoms with Gasteiger partial charge in [0, 0.05) is 26.2 Å². The number of carbonyl (C=O) groups is 1. The molecule has 0 atom stereocenters. The molecule has 7 heteroatoms. The average Bonchev–Trinajstić information content (AvgIpc) is 3.14. The van der Waals surface area contributed by atoms with Crippen molar-refractivity contribution in [2.45, 2.75) is 32.7 Å². The molecule has 0 aromatic carbocycles. The summed E-state index contributed by atoms with van der Waals surface area (Å²) in [5.74, 6) is 0.887. The second-order valence-electron chi connectivity index (χ2n) is 5.82. The van der Waals surface area contributed by atoms with Crippen LogP contribution in [-0.4, -0.2) is 43.1 Å². The molecule has 1 aliphatic rings. The van der Waals surface area contributed by atoms with Crippen molar-refractivity contribution in [1.29, 1.82) is 0 Å². The standard InChI is InChI=1S/C14H24N4O2S/c1-9(2)16-13(19)11-12(15)17-21-14(11)18(3)6-7-20-8-10-4-5-10/h9-10H,4-8H2,1-3H3,(H2,15,17)(H,16,19). The first kappa shape index (κ1) is 16.0. The van der Waals surface area contributed by atoms with Crippen molar-refractivity contribution in [3.8, 4) is 0 Å². The molecule has 6 nitrogen and oxygen atoms in total. The normalized spacial score (nSPS) is 14.5. The van der Waals surface area contributed by atoms with Crippen LogP contribution in [0.1, 0.15) is 37.0 Å². The lowest BCUT2D eigenvalue weighted by atomic mass is 10.2. The molecule has 118 valence electrons. The predicted octanol–water partition coefficient (Wildman–Crippen LogP) is 1.73. The molecule has 1 aromatic heterocycles. The third-order valence-corrected chi connectivity index (χ3v) is 4.29. The summed E-state index contributed by atoms with van der Waals surface area (Å²) in [4.78, 5) is 14.2. The summed E-state index contributed by atoms with van der Waals surface area (Å²) in [6, 6.07) is 0.0665. The van der Waals surface area contributed by atoms with Crippen LogP contribution in [0.2, 0.25) is 0 Å². The van der Waals surface area contributed by atoms with Crippen molar-refractivity contribution >= 4 is 28.3 Å². The molecule has 0 bridgehead atoms. The van der Waals surface area contributed by atoms with Gasteiger partial charge in [-0.2, -0.15) is 4.37 Å². The van der Waals surface area contributed by atoms with E-state index in [2.05, 4.69) is 9.69 Å². The van der Waals surface area contributed by atoms with Gasteiger partial charge in [0.15, 0.2) is 5.82 Å². The van der Waals surface area contributed by atoms with Gasteiger partial charge >= 0.3 is 0 Å². The lowest BCUT2D eigenvalue weighted by molar-refractivity contribution is 0.0944. The van der Waals surface area contributed by atoms with Gasteiger partial charge in [0.2, 0.25) is 0 Å².